The number of ketones is 1. The number of imidazole rings is 2. The first-order valence-electron chi connectivity index (χ1n) is 21.9. The normalized spacial score (nSPS) is 23.6. The standard InChI is InChI=1S/C23H29ClN6O2.C21H29N7O2/c1-13(2)30-12-25-19-20(26-16-10-15(24)3-4-17(16)32)28-22(29-21(19)30)27-18-9-14-5-7-23(18,11-31)8-6-14;1-13(2)28-12-22-18-19(23-16-8-14(3)9-27(30)10-16)25-21(26-20(18)28)24-17-7-5-4-6-15(17)11-29/h3,10,12-14,18,31H,4-9,11H2,1-2H3,(H2,26,27,28,29);8-10,12-13,15,17,29H,4-7,11H2,1-3H3,(H2,23,24,25,26)/t14?,18-,23?;15-,17-/m00/s1. The van der Waals surface area contributed by atoms with Gasteiger partial charge in [0.05, 0.1) is 25.0 Å². The molecule has 62 heavy (non-hydrogen) atoms. The first kappa shape index (κ1) is 43.3. The molecule has 0 unspecified atom stereocenters. The maximum atomic E-state index is 12.4. The van der Waals surface area contributed by atoms with Crippen molar-refractivity contribution in [2.24, 2.45) is 17.3 Å². The number of hydrogen-bond donors (Lipinski definition) is 6. The van der Waals surface area contributed by atoms with Crippen LogP contribution in [-0.2, 0) is 4.79 Å². The minimum Gasteiger partial charge on any atom is -0.619 e. The highest BCUT2D eigenvalue weighted by molar-refractivity contribution is 6.32. The second kappa shape index (κ2) is 18.1. The number of Topliss-reactive ketones (excluding diaryl/α,β-unsaturated/α-hetero) is 1. The monoisotopic (exact) mass is 867 g/mol. The summed E-state index contributed by atoms with van der Waals surface area (Å²) in [6.07, 6.45) is 19.7. The molecule has 18 heteroatoms. The molecule has 6 N–H and O–H groups in total. The van der Waals surface area contributed by atoms with E-state index in [-0.39, 0.29) is 60.9 Å². The molecule has 2 bridgehead atoms. The number of rotatable bonds is 12. The third-order valence-electron chi connectivity index (χ3n) is 13.0. The Bertz CT molecular complexity index is 2470. The summed E-state index contributed by atoms with van der Waals surface area (Å²) in [6, 6.07) is 2.49. The summed E-state index contributed by atoms with van der Waals surface area (Å²) in [4.78, 5) is 40.4. The number of aromatic nitrogens is 9. The molecule has 0 spiro atoms. The zero-order valence-electron chi connectivity index (χ0n) is 36.1. The Hall–Kier alpha value is -5.39. The molecule has 5 heterocycles. The lowest BCUT2D eigenvalue weighted by molar-refractivity contribution is -0.605. The predicted molar refractivity (Wildman–Crippen MR) is 240 cm³/mol. The summed E-state index contributed by atoms with van der Waals surface area (Å²) in [5, 5.41) is 45.7. The number of allylic oxidation sites excluding steroid dienone is 4. The van der Waals surface area contributed by atoms with Crippen molar-refractivity contribution in [3.63, 3.8) is 0 Å². The molecule has 5 aromatic heterocycles. The maximum Gasteiger partial charge on any atom is 0.227 e. The van der Waals surface area contributed by atoms with Gasteiger partial charge < -0.3 is 45.8 Å². The molecule has 10 rings (SSSR count). The van der Waals surface area contributed by atoms with E-state index in [2.05, 4.69) is 63.9 Å². The molecule has 3 atom stereocenters. The number of aryl methyl sites for hydroxylation is 1. The van der Waals surface area contributed by atoms with Crippen LogP contribution >= 0.6 is 11.6 Å². The van der Waals surface area contributed by atoms with Crippen LogP contribution in [0.4, 0.5) is 29.2 Å². The van der Waals surface area contributed by atoms with Gasteiger partial charge in [-0.2, -0.15) is 24.7 Å². The quantitative estimate of drug-likeness (QED) is 0.0540. The molecule has 5 aromatic rings. The molecule has 0 radical (unpaired) electrons. The third kappa shape index (κ3) is 9.06. The van der Waals surface area contributed by atoms with E-state index in [4.69, 9.17) is 26.6 Å². The van der Waals surface area contributed by atoms with Crippen LogP contribution in [0.3, 0.4) is 0 Å². The smallest absolute Gasteiger partial charge is 0.227 e. The summed E-state index contributed by atoms with van der Waals surface area (Å²) < 4.78 is 4.77. The lowest BCUT2D eigenvalue weighted by Gasteiger charge is -2.51. The average Bonchev–Trinajstić information content (AvgIpc) is 3.89. The van der Waals surface area contributed by atoms with Crippen LogP contribution < -0.4 is 26.0 Å². The molecule has 4 saturated carbocycles. The number of carbonyl (C=O) groups is 1. The van der Waals surface area contributed by atoms with E-state index >= 15 is 0 Å². The van der Waals surface area contributed by atoms with Gasteiger partial charge in [0.1, 0.15) is 5.69 Å². The Morgan fingerprint density at radius 3 is 2.13 bits per heavy atom. The van der Waals surface area contributed by atoms with Crippen molar-refractivity contribution in [1.29, 1.82) is 0 Å². The van der Waals surface area contributed by atoms with Gasteiger partial charge in [-0.25, -0.2) is 9.97 Å². The second-order valence-electron chi connectivity index (χ2n) is 18.0. The number of aliphatic hydroxyl groups excluding tert-OH is 2. The van der Waals surface area contributed by atoms with Crippen LogP contribution in [0.1, 0.15) is 110 Å². The van der Waals surface area contributed by atoms with Gasteiger partial charge in [-0.1, -0.05) is 30.5 Å². The van der Waals surface area contributed by atoms with E-state index in [0.717, 1.165) is 60.9 Å². The Balaban J connectivity index is 0.000000171. The first-order chi connectivity index (χ1) is 29.8. The minimum absolute atomic E-state index is 0.0530. The van der Waals surface area contributed by atoms with Crippen LogP contribution in [0.2, 0.25) is 0 Å². The summed E-state index contributed by atoms with van der Waals surface area (Å²) >= 11 is 6.14. The van der Waals surface area contributed by atoms with E-state index < -0.39 is 0 Å². The molecule has 0 saturated heterocycles. The van der Waals surface area contributed by atoms with Crippen LogP contribution in [0, 0.1) is 29.4 Å². The van der Waals surface area contributed by atoms with Gasteiger partial charge in [0, 0.05) is 59.1 Å². The van der Waals surface area contributed by atoms with Gasteiger partial charge in [0.25, 0.3) is 0 Å². The van der Waals surface area contributed by atoms with Crippen LogP contribution in [0.5, 0.6) is 0 Å². The fourth-order valence-corrected chi connectivity index (χ4v) is 9.63. The van der Waals surface area contributed by atoms with Gasteiger partial charge in [0.15, 0.2) is 45.9 Å². The molecule has 0 aliphatic heterocycles. The maximum absolute atomic E-state index is 12.4. The van der Waals surface area contributed by atoms with E-state index in [1.807, 2.05) is 22.1 Å². The topological polar surface area (TPSA) is 220 Å². The number of carbonyl (C=O) groups excluding carboxylic acids is 1. The Morgan fingerprint density at radius 2 is 1.52 bits per heavy atom. The first-order valence-corrected chi connectivity index (χ1v) is 22.3. The lowest BCUT2D eigenvalue weighted by Crippen LogP contribution is -2.52. The number of halogens is 1. The summed E-state index contributed by atoms with van der Waals surface area (Å²) in [5.74, 6) is 2.83. The molecule has 0 amide bonds. The number of fused-ring (bicyclic) bond motifs is 5. The Labute approximate surface area is 366 Å². The number of hydrogen-bond acceptors (Lipinski definition) is 14. The van der Waals surface area contributed by atoms with Crippen LogP contribution in [0.25, 0.3) is 22.3 Å². The molecule has 0 aromatic carbocycles. The van der Waals surface area contributed by atoms with Crippen LogP contribution in [0.15, 0.2) is 54.0 Å². The van der Waals surface area contributed by atoms with Crippen molar-refractivity contribution in [1.82, 2.24) is 39.0 Å². The Kier molecular flexibility index (Phi) is 12.7. The highest BCUT2D eigenvalue weighted by Gasteiger charge is 2.47. The minimum atomic E-state index is -0.126. The molecule has 17 nitrogen and oxygen atoms in total. The van der Waals surface area contributed by atoms with Crippen molar-refractivity contribution in [2.75, 3.05) is 34.5 Å². The molecule has 4 fully saturated rings. The zero-order valence-corrected chi connectivity index (χ0v) is 36.9. The van der Waals surface area contributed by atoms with E-state index in [0.29, 0.717) is 62.5 Å². The summed E-state index contributed by atoms with van der Waals surface area (Å²) in [6.45, 7) is 10.5. The summed E-state index contributed by atoms with van der Waals surface area (Å²) in [5.41, 5.74) is 4.43. The SMILES string of the molecule is CC(C)n1cnc2c(NC3=CC(Cl)=CCC3=O)nc(N[C@H]3CC4CCC3(CO)CC4)nc21.Cc1cc(Nc2nc(N[C@H]3CCCC[C@H]3CO)nc3c2ncn3C(C)C)c[n+]([O-])c1. The van der Waals surface area contributed by atoms with Crippen LogP contribution in [-0.4, -0.2) is 80.3 Å². The molecular weight excluding hydrogens is 810 g/mol. The van der Waals surface area contributed by atoms with E-state index in [1.165, 1.54) is 25.2 Å². The van der Waals surface area contributed by atoms with Crippen molar-refractivity contribution in [3.8, 4) is 0 Å². The predicted octanol–water partition coefficient (Wildman–Crippen LogP) is 7.21. The van der Waals surface area contributed by atoms with E-state index in [9.17, 15) is 20.2 Å². The second-order valence-corrected chi connectivity index (χ2v) is 18.4. The van der Waals surface area contributed by atoms with Crippen molar-refractivity contribution < 1.29 is 19.7 Å². The number of nitrogens with one attached hydrogen (secondary N) is 4. The Morgan fingerprint density at radius 1 is 0.887 bits per heavy atom. The molecule has 5 aliphatic carbocycles. The number of anilines is 5. The average molecular weight is 868 g/mol. The number of aliphatic hydroxyl groups is 2. The lowest BCUT2D eigenvalue weighted by atomic mass is 9.58. The third-order valence-corrected chi connectivity index (χ3v) is 13.3. The highest BCUT2D eigenvalue weighted by atomic mass is 35.5. The van der Waals surface area contributed by atoms with Gasteiger partial charge in [-0.05, 0) is 97.6 Å². The van der Waals surface area contributed by atoms with Gasteiger partial charge in [0.2, 0.25) is 18.1 Å². The van der Waals surface area contributed by atoms with E-state index in [1.54, 1.807) is 24.8 Å². The molecule has 330 valence electrons. The number of nitrogens with zero attached hydrogens (tertiary/aromatic N) is 9. The van der Waals surface area contributed by atoms with Gasteiger partial charge >= 0.3 is 0 Å². The fourth-order valence-electron chi connectivity index (χ4n) is 9.44. The zero-order chi connectivity index (χ0) is 43.7. The van der Waals surface area contributed by atoms with Crippen molar-refractivity contribution in [2.45, 2.75) is 123 Å². The van der Waals surface area contributed by atoms with Gasteiger partial charge in [-0.3, -0.25) is 4.79 Å². The number of pyridine rings is 1. The largest absolute Gasteiger partial charge is 0.619 e. The highest BCUT2D eigenvalue weighted by Crippen LogP contribution is 2.51. The van der Waals surface area contributed by atoms with Gasteiger partial charge in [-0.15, -0.1) is 0 Å². The molecular formula is C44H58ClN13O4. The van der Waals surface area contributed by atoms with Crippen molar-refractivity contribution >= 4 is 68.9 Å². The van der Waals surface area contributed by atoms with Crippen molar-refractivity contribution in [3.05, 3.63) is 64.8 Å². The fraction of sp³-hybridized carbons (Fsp3) is 0.545. The molecule has 5 aliphatic rings. The summed E-state index contributed by atoms with van der Waals surface area (Å²) in [7, 11) is 0.